The molecule has 81 heavy (non-hydrogen) atoms. The molecule has 7 aromatic rings. The first-order valence-electron chi connectivity index (χ1n) is 28.1. The molecule has 341 valence electrons. The third-order valence-electron chi connectivity index (χ3n) is 19.7. The van der Waals surface area contributed by atoms with Crippen molar-refractivity contribution in [2.45, 2.75) is 111 Å². The van der Waals surface area contributed by atoms with Crippen molar-refractivity contribution >= 4 is 299 Å². The monoisotopic (exact) mass is 990 g/mol. The van der Waals surface area contributed by atoms with Gasteiger partial charge in [0.25, 0.3) is 0 Å². The van der Waals surface area contributed by atoms with Gasteiger partial charge in [0.1, 0.15) is 7.85 Å². The fraction of sp³-hybridized carbons (Fsp3) is 0.320. The van der Waals surface area contributed by atoms with E-state index >= 15 is 0 Å². The predicted molar refractivity (Wildman–Crippen MR) is 399 cm³/mol. The maximum absolute atomic E-state index is 7.94. The van der Waals surface area contributed by atoms with E-state index < -0.39 is 70.8 Å². The molecule has 31 heteroatoms. The predicted octanol–water partition coefficient (Wildman–Crippen LogP) is -2.19. The molecule has 0 unspecified atom stereocenters. The van der Waals surface area contributed by atoms with Crippen LogP contribution in [-0.4, -0.2) is 224 Å². The SMILES string of the molecule is [B][B]B([B])B(B([B])[B])c1c(B(B([B])[B])B([B])[B])c(B([B][B])B([B])[B])c(B([B])B([B])[B])c2c(B([B])[B][B])c(-c3c(C)c(C)c(C)c4c(-c5c(C)c(C)c(C)c6c(C)c(C)c(C)c(C)c56)c5c(C)c(C)c(C)c(C)c5c(C)c34)c(C)c([B])c12. The van der Waals surface area contributed by atoms with Gasteiger partial charge in [-0.2, -0.15) is 0 Å². The van der Waals surface area contributed by atoms with Crippen molar-refractivity contribution in [3.8, 4) is 22.3 Å². The Morgan fingerprint density at radius 1 is 0.259 bits per heavy atom. The van der Waals surface area contributed by atoms with E-state index in [-0.39, 0.29) is 5.46 Å². The second-order valence-electron chi connectivity index (χ2n) is 23.7. The standard InChI is InChI=1S/C50H48B31/c1-17-19(3)26(10)35-33(23(17)7)25(9)21(5)29(13)38(35)42-36-27(11)20(4)18(2)24(8)34(36)31(15)40-37(28(12)22(6)30(14)39(40)42)41-32(16)45(51)43-44(46(41)71(55)68-52)47(72(56)76(57)58)49(73(69-53)77(59)60)50(74(78(61)62)79(63)64)48(43)75(80(65)66)81(67)70-54/h1-16H3. The Morgan fingerprint density at radius 2 is 0.630 bits per heavy atom. The lowest BCUT2D eigenvalue weighted by Gasteiger charge is -2.42. The number of benzene rings is 7. The van der Waals surface area contributed by atoms with Gasteiger partial charge in [-0.15, -0.1) is 10.9 Å². The van der Waals surface area contributed by atoms with Gasteiger partial charge in [0.05, 0.1) is 32.5 Å². The lowest BCUT2D eigenvalue weighted by Crippen LogP contribution is -2.80. The average molecular weight is 984 g/mol. The van der Waals surface area contributed by atoms with Crippen LogP contribution in [0.2, 0.25) is 0 Å². The fourth-order valence-corrected chi connectivity index (χ4v) is 14.2. The molecule has 37 radical (unpaired) electrons. The molecule has 0 atom stereocenters. The smallest absolute Gasteiger partial charge is 0.113 e. The summed E-state index contributed by atoms with van der Waals surface area (Å²) in [5.41, 5.74) is 24.6. The Kier molecular flexibility index (Phi) is 20.2. The minimum absolute atomic E-state index is 0.279. The molecular formula is C50H48B31. The molecule has 0 N–H and O–H groups in total. The van der Waals surface area contributed by atoms with Crippen LogP contribution < -0.4 is 32.8 Å². The van der Waals surface area contributed by atoms with Crippen molar-refractivity contribution in [3.05, 3.63) is 89.0 Å². The minimum atomic E-state index is -1.24. The van der Waals surface area contributed by atoms with Crippen LogP contribution in [0.25, 0.3) is 65.3 Å². The first-order valence-corrected chi connectivity index (χ1v) is 28.1. The topological polar surface area (TPSA) is 0 Å². The lowest BCUT2D eigenvalue weighted by molar-refractivity contribution is 1.22. The molecule has 0 saturated carbocycles. The van der Waals surface area contributed by atoms with Crippen molar-refractivity contribution in [1.82, 2.24) is 0 Å². The zero-order chi connectivity index (χ0) is 61.1. The molecule has 0 fully saturated rings. The van der Waals surface area contributed by atoms with Crippen LogP contribution in [0.4, 0.5) is 0 Å². The highest BCUT2D eigenvalue weighted by atomic mass is 14.3. The Bertz CT molecular complexity index is 3700. The van der Waals surface area contributed by atoms with E-state index in [4.69, 9.17) is 132 Å². The maximum Gasteiger partial charge on any atom is 0.115 e. The first-order chi connectivity index (χ1) is 37.7. The molecule has 7 rings (SSSR count). The summed E-state index contributed by atoms with van der Waals surface area (Å²) in [4.78, 5) is 0. The van der Waals surface area contributed by atoms with Gasteiger partial charge in [0.2, 0.25) is 0 Å². The van der Waals surface area contributed by atoms with Crippen LogP contribution in [0.1, 0.15) is 89.0 Å². The van der Waals surface area contributed by atoms with E-state index in [0.29, 0.717) is 49.2 Å². The molecule has 0 spiro atoms. The van der Waals surface area contributed by atoms with Crippen LogP contribution in [0.3, 0.4) is 0 Å². The number of rotatable bonds is 16. The van der Waals surface area contributed by atoms with E-state index in [1.165, 1.54) is 104 Å². The summed E-state index contributed by atoms with van der Waals surface area (Å²) in [6.45, 7) is 30.1. The first kappa shape index (κ1) is 66.1. The van der Waals surface area contributed by atoms with E-state index in [9.17, 15) is 0 Å². The number of fused-ring (bicyclic) bond motifs is 4. The van der Waals surface area contributed by atoms with Gasteiger partial charge in [-0.1, -0.05) is 27.4 Å². The summed E-state index contributed by atoms with van der Waals surface area (Å²) < 4.78 is 0. The third-order valence-corrected chi connectivity index (χ3v) is 19.7. The summed E-state index contributed by atoms with van der Waals surface area (Å²) >= 11 is 0. The second kappa shape index (κ2) is 24.8. The normalized spacial score (nSPS) is 11.3. The minimum Gasteiger partial charge on any atom is -0.113 e. The van der Waals surface area contributed by atoms with Gasteiger partial charge >= 0.3 is 0 Å². The van der Waals surface area contributed by atoms with Crippen molar-refractivity contribution in [2.24, 2.45) is 0 Å². The maximum atomic E-state index is 7.94. The Morgan fingerprint density at radius 3 is 1.01 bits per heavy atom. The van der Waals surface area contributed by atoms with Gasteiger partial charge in [-0.05, 0) is 260 Å². The van der Waals surface area contributed by atoms with E-state index in [0.717, 1.165) is 49.5 Å². The molecule has 0 bridgehead atoms. The van der Waals surface area contributed by atoms with Gasteiger partial charge in [0.15, 0.2) is 0 Å². The fourth-order valence-electron chi connectivity index (χ4n) is 14.2. The summed E-state index contributed by atoms with van der Waals surface area (Å²) in [5, 5.41) is 7.79. The van der Waals surface area contributed by atoms with E-state index in [2.05, 4.69) is 104 Å². The van der Waals surface area contributed by atoms with Crippen LogP contribution in [0, 0.1) is 111 Å². The molecule has 0 saturated heterocycles. The highest BCUT2D eigenvalue weighted by Crippen LogP contribution is 2.53. The van der Waals surface area contributed by atoms with Gasteiger partial charge in [0, 0.05) is 183 Å². The molecule has 0 nitrogen and oxygen atoms in total. The third kappa shape index (κ3) is 10.3. The molecule has 7 aromatic carbocycles. The van der Waals surface area contributed by atoms with Gasteiger partial charge in [-0.25, -0.2) is 0 Å². The lowest BCUT2D eigenvalue weighted by atomic mass is 8.66. The van der Waals surface area contributed by atoms with E-state index in [1.807, 2.05) is 6.92 Å². The van der Waals surface area contributed by atoms with Crippen LogP contribution >= 0.6 is 0 Å². The Labute approximate surface area is 517 Å². The van der Waals surface area contributed by atoms with Crippen molar-refractivity contribution < 1.29 is 0 Å². The quantitative estimate of drug-likeness (QED) is 0.0765. The Hall–Kier alpha value is -2.41. The second-order valence-corrected chi connectivity index (χ2v) is 23.7. The molecule has 0 amide bonds. The summed E-state index contributed by atoms with van der Waals surface area (Å²) in [5.74, 6) is 0. The largest absolute Gasteiger partial charge is 0.115 e. The summed E-state index contributed by atoms with van der Waals surface area (Å²) in [7, 11) is 122. The van der Waals surface area contributed by atoms with Gasteiger partial charge < -0.3 is 0 Å². The molecule has 0 heterocycles. The Balaban J connectivity index is 2.03. The van der Waals surface area contributed by atoms with Crippen molar-refractivity contribution in [2.75, 3.05) is 0 Å². The van der Waals surface area contributed by atoms with Crippen molar-refractivity contribution in [3.63, 3.8) is 0 Å². The van der Waals surface area contributed by atoms with Gasteiger partial charge in [-0.3, -0.25) is 0 Å². The summed E-state index contributed by atoms with van der Waals surface area (Å²) in [6, 6.07) is 0. The molecular weight excluding hydrogens is 936 g/mol. The van der Waals surface area contributed by atoms with Crippen molar-refractivity contribution in [1.29, 1.82) is 0 Å². The van der Waals surface area contributed by atoms with Crippen LogP contribution in [0.5, 0.6) is 0 Å². The van der Waals surface area contributed by atoms with Crippen LogP contribution in [-0.2, 0) is 0 Å². The zero-order valence-corrected chi connectivity index (χ0v) is 50.9. The highest BCUT2D eigenvalue weighted by molar-refractivity contribution is 7.89. The average Bonchev–Trinajstić information content (AvgIpc) is 3.61. The molecule has 0 aromatic heterocycles. The molecule has 0 aliphatic rings. The van der Waals surface area contributed by atoms with Crippen LogP contribution in [0.15, 0.2) is 0 Å². The number of hydrogen-bond donors (Lipinski definition) is 0. The molecule has 0 aliphatic carbocycles. The number of aryl methyl sites for hydroxylation is 7. The number of hydrogen-bond acceptors (Lipinski definition) is 0. The zero-order valence-electron chi connectivity index (χ0n) is 50.9. The summed E-state index contributed by atoms with van der Waals surface area (Å²) in [6.07, 6.45) is -7.19. The highest BCUT2D eigenvalue weighted by Gasteiger charge is 2.42. The molecule has 0 aliphatic heterocycles. The van der Waals surface area contributed by atoms with E-state index in [1.54, 1.807) is 0 Å².